The summed E-state index contributed by atoms with van der Waals surface area (Å²) in [5, 5.41) is 2.88. The molecule has 1 aromatic carbocycles. The molecule has 112 valence electrons. The number of carbonyl (C=O) groups excluding carboxylic acids is 1. The van der Waals surface area contributed by atoms with E-state index in [-0.39, 0.29) is 5.91 Å². The third-order valence-electron chi connectivity index (χ3n) is 3.27. The Morgan fingerprint density at radius 3 is 2.75 bits per heavy atom. The van der Waals surface area contributed by atoms with Crippen LogP contribution in [-0.2, 0) is 4.79 Å². The molecule has 0 spiro atoms. The largest absolute Gasteiger partial charge is 0.372 e. The zero-order valence-corrected chi connectivity index (χ0v) is 13.5. The second-order valence-corrected chi connectivity index (χ2v) is 6.12. The van der Waals surface area contributed by atoms with Gasteiger partial charge in [0.2, 0.25) is 5.91 Å². The fraction of sp³-hybridized carbons (Fsp3) is 0.533. The molecular weight excluding hydrogens is 270 g/mol. The van der Waals surface area contributed by atoms with Gasteiger partial charge < -0.3 is 16.0 Å². The molecule has 0 aliphatic heterocycles. The first-order valence-corrected chi connectivity index (χ1v) is 8.23. The minimum atomic E-state index is -0.450. The molecule has 0 unspecified atom stereocenters. The highest BCUT2D eigenvalue weighted by atomic mass is 32.2. The Morgan fingerprint density at radius 2 is 2.15 bits per heavy atom. The summed E-state index contributed by atoms with van der Waals surface area (Å²) in [6.45, 7) is 4.26. The Kier molecular flexibility index (Phi) is 6.88. The van der Waals surface area contributed by atoms with Crippen molar-refractivity contribution in [1.82, 2.24) is 0 Å². The van der Waals surface area contributed by atoms with Gasteiger partial charge in [0.25, 0.3) is 0 Å². The van der Waals surface area contributed by atoms with Gasteiger partial charge in [-0.3, -0.25) is 4.79 Å². The molecule has 0 aromatic heterocycles. The van der Waals surface area contributed by atoms with Gasteiger partial charge in [0.15, 0.2) is 0 Å². The molecule has 0 aliphatic carbocycles. The van der Waals surface area contributed by atoms with E-state index in [4.69, 9.17) is 5.73 Å². The monoisotopic (exact) mass is 295 g/mol. The second kappa shape index (κ2) is 8.17. The van der Waals surface area contributed by atoms with Gasteiger partial charge >= 0.3 is 0 Å². The Hall–Kier alpha value is -1.20. The number of hydrogen-bond acceptors (Lipinski definition) is 4. The van der Waals surface area contributed by atoms with Gasteiger partial charge in [0.1, 0.15) is 0 Å². The lowest BCUT2D eigenvalue weighted by Gasteiger charge is -2.24. The smallest absolute Gasteiger partial charge is 0.241 e. The molecular formula is C15H25N3OS. The van der Waals surface area contributed by atoms with Crippen LogP contribution in [0.4, 0.5) is 11.4 Å². The Balaban J connectivity index is 2.68. The van der Waals surface area contributed by atoms with Gasteiger partial charge in [-0.05, 0) is 50.5 Å². The van der Waals surface area contributed by atoms with Crippen molar-refractivity contribution in [1.29, 1.82) is 0 Å². The summed E-state index contributed by atoms with van der Waals surface area (Å²) in [4.78, 5) is 14.1. The number of anilines is 2. The molecule has 0 heterocycles. The molecule has 1 amide bonds. The van der Waals surface area contributed by atoms with Crippen LogP contribution in [0.2, 0.25) is 0 Å². The molecule has 0 saturated carbocycles. The molecule has 0 aliphatic rings. The summed E-state index contributed by atoms with van der Waals surface area (Å²) in [7, 11) is 2.04. The van der Waals surface area contributed by atoms with E-state index in [1.54, 1.807) is 11.8 Å². The molecule has 1 rings (SSSR count). The Labute approximate surface area is 126 Å². The quantitative estimate of drug-likeness (QED) is 0.811. The number of carbonyl (C=O) groups is 1. The number of nitrogens with one attached hydrogen (secondary N) is 1. The maximum absolute atomic E-state index is 12.0. The standard InChI is InChI=1S/C15H25N3OS/c1-11(2)18(3)13-7-5-6-12(10-13)17-15(19)14(16)8-9-20-4/h5-7,10-11,14H,8-9,16H2,1-4H3,(H,17,19)/t14-/m0/s1. The number of amides is 1. The number of thioether (sulfide) groups is 1. The summed E-state index contributed by atoms with van der Waals surface area (Å²) in [5.74, 6) is 0.772. The summed E-state index contributed by atoms with van der Waals surface area (Å²) < 4.78 is 0. The lowest BCUT2D eigenvalue weighted by molar-refractivity contribution is -0.117. The van der Waals surface area contributed by atoms with E-state index < -0.39 is 6.04 Å². The van der Waals surface area contributed by atoms with Crippen molar-refractivity contribution < 1.29 is 4.79 Å². The molecule has 1 aromatic rings. The van der Waals surface area contributed by atoms with Crippen LogP contribution in [0.25, 0.3) is 0 Å². The van der Waals surface area contributed by atoms with E-state index in [1.807, 2.05) is 37.6 Å². The van der Waals surface area contributed by atoms with Gasteiger partial charge in [-0.1, -0.05) is 6.07 Å². The number of nitrogens with zero attached hydrogens (tertiary/aromatic N) is 1. The molecule has 1 atom stereocenters. The lowest BCUT2D eigenvalue weighted by Crippen LogP contribution is -2.36. The highest BCUT2D eigenvalue weighted by molar-refractivity contribution is 7.98. The lowest BCUT2D eigenvalue weighted by atomic mass is 10.2. The fourth-order valence-electron chi connectivity index (χ4n) is 1.71. The zero-order chi connectivity index (χ0) is 15.1. The predicted molar refractivity (Wildman–Crippen MR) is 89.6 cm³/mol. The molecule has 0 bridgehead atoms. The predicted octanol–water partition coefficient (Wildman–Crippen LogP) is 2.55. The van der Waals surface area contributed by atoms with Crippen molar-refractivity contribution in [2.75, 3.05) is 29.3 Å². The van der Waals surface area contributed by atoms with Crippen LogP contribution in [0.15, 0.2) is 24.3 Å². The number of hydrogen-bond donors (Lipinski definition) is 2. The van der Waals surface area contributed by atoms with Gasteiger partial charge in [0.05, 0.1) is 6.04 Å². The number of rotatable bonds is 7. The topological polar surface area (TPSA) is 58.4 Å². The van der Waals surface area contributed by atoms with Crippen LogP contribution in [-0.4, -0.2) is 37.0 Å². The first-order valence-electron chi connectivity index (χ1n) is 6.84. The van der Waals surface area contributed by atoms with Crippen LogP contribution in [0, 0.1) is 0 Å². The van der Waals surface area contributed by atoms with Crippen molar-refractivity contribution in [2.45, 2.75) is 32.4 Å². The second-order valence-electron chi connectivity index (χ2n) is 5.13. The number of nitrogens with two attached hydrogens (primary N) is 1. The van der Waals surface area contributed by atoms with Crippen molar-refractivity contribution in [3.63, 3.8) is 0 Å². The van der Waals surface area contributed by atoms with E-state index in [2.05, 4.69) is 24.1 Å². The van der Waals surface area contributed by atoms with E-state index >= 15 is 0 Å². The van der Waals surface area contributed by atoms with Crippen molar-refractivity contribution >= 4 is 29.0 Å². The third-order valence-corrected chi connectivity index (χ3v) is 3.91. The molecule has 4 nitrogen and oxygen atoms in total. The molecule has 3 N–H and O–H groups in total. The van der Waals surface area contributed by atoms with Crippen LogP contribution >= 0.6 is 11.8 Å². The first kappa shape index (κ1) is 16.9. The van der Waals surface area contributed by atoms with Gasteiger partial charge in [-0.25, -0.2) is 0 Å². The zero-order valence-electron chi connectivity index (χ0n) is 12.7. The molecule has 0 saturated heterocycles. The maximum Gasteiger partial charge on any atom is 0.241 e. The van der Waals surface area contributed by atoms with Crippen LogP contribution in [0.3, 0.4) is 0 Å². The van der Waals surface area contributed by atoms with Crippen LogP contribution in [0.5, 0.6) is 0 Å². The van der Waals surface area contributed by atoms with Crippen molar-refractivity contribution in [3.05, 3.63) is 24.3 Å². The normalized spacial score (nSPS) is 12.3. The summed E-state index contributed by atoms with van der Waals surface area (Å²) in [6.07, 6.45) is 2.70. The average Bonchev–Trinajstić information content (AvgIpc) is 2.43. The van der Waals surface area contributed by atoms with Crippen molar-refractivity contribution in [2.24, 2.45) is 5.73 Å². The highest BCUT2D eigenvalue weighted by Gasteiger charge is 2.13. The molecule has 20 heavy (non-hydrogen) atoms. The minimum Gasteiger partial charge on any atom is -0.372 e. The van der Waals surface area contributed by atoms with Gasteiger partial charge in [-0.2, -0.15) is 11.8 Å². The van der Waals surface area contributed by atoms with E-state index in [0.29, 0.717) is 12.5 Å². The summed E-state index contributed by atoms with van der Waals surface area (Å²) in [5.41, 5.74) is 7.73. The van der Waals surface area contributed by atoms with Gasteiger partial charge in [0, 0.05) is 24.5 Å². The fourth-order valence-corrected chi connectivity index (χ4v) is 2.20. The number of benzene rings is 1. The van der Waals surface area contributed by atoms with Gasteiger partial charge in [-0.15, -0.1) is 0 Å². The van der Waals surface area contributed by atoms with E-state index in [9.17, 15) is 4.79 Å². The third kappa shape index (κ3) is 5.06. The molecule has 5 heteroatoms. The Bertz CT molecular complexity index is 437. The van der Waals surface area contributed by atoms with Crippen LogP contribution < -0.4 is 16.0 Å². The first-order chi connectivity index (χ1) is 9.45. The SMILES string of the molecule is CSCC[C@H](N)C(=O)Nc1cccc(N(C)C(C)C)c1. The molecule has 0 radical (unpaired) electrons. The molecule has 0 fully saturated rings. The summed E-state index contributed by atoms with van der Waals surface area (Å²) in [6, 6.07) is 7.79. The average molecular weight is 295 g/mol. The maximum atomic E-state index is 12.0. The summed E-state index contributed by atoms with van der Waals surface area (Å²) >= 11 is 1.70. The van der Waals surface area contributed by atoms with Crippen molar-refractivity contribution in [3.8, 4) is 0 Å². The highest BCUT2D eigenvalue weighted by Crippen LogP contribution is 2.20. The minimum absolute atomic E-state index is 0.122. The van der Waals surface area contributed by atoms with Crippen LogP contribution in [0.1, 0.15) is 20.3 Å². The van der Waals surface area contributed by atoms with E-state index in [0.717, 1.165) is 17.1 Å². The van der Waals surface area contributed by atoms with E-state index in [1.165, 1.54) is 0 Å². The Morgan fingerprint density at radius 1 is 1.45 bits per heavy atom.